The molecular weight excluding hydrogens is 162 g/mol. The van der Waals surface area contributed by atoms with Crippen LogP contribution in [0.25, 0.3) is 0 Å². The quantitative estimate of drug-likeness (QED) is 0.508. The zero-order valence-electron chi connectivity index (χ0n) is 6.49. The van der Waals surface area contributed by atoms with Gasteiger partial charge in [-0.05, 0) is 6.42 Å². The Kier molecular flexibility index (Phi) is 2.65. The van der Waals surface area contributed by atoms with Crippen LogP contribution in [0.1, 0.15) is 12.8 Å². The van der Waals surface area contributed by atoms with Crippen LogP contribution in [0.3, 0.4) is 0 Å². The van der Waals surface area contributed by atoms with E-state index in [0.29, 0.717) is 6.42 Å². The molecule has 1 fully saturated rings. The molecule has 0 aromatic heterocycles. The molecule has 0 aromatic rings. The van der Waals surface area contributed by atoms with Crippen molar-refractivity contribution in [2.75, 3.05) is 6.61 Å². The summed E-state index contributed by atoms with van der Waals surface area (Å²) in [4.78, 5) is 21.2. The van der Waals surface area contributed by atoms with Crippen molar-refractivity contribution in [3.05, 3.63) is 0 Å². The summed E-state index contributed by atoms with van der Waals surface area (Å²) in [5.41, 5.74) is 0. The molecule has 3 N–H and O–H groups in total. The second-order valence-corrected chi connectivity index (χ2v) is 2.92. The lowest BCUT2D eigenvalue weighted by molar-refractivity contribution is -0.140. The number of aliphatic hydroxyl groups is 1. The fourth-order valence-corrected chi connectivity index (χ4v) is 1.34. The standard InChI is InChI=1S/C7H11NO4/c9-3-5-1-4(2-6(10)11)7(12)8-5/h4-5,9H,1-3H2,(H,8,12)(H,10,11). The molecule has 0 radical (unpaired) electrons. The number of amides is 1. The first-order valence-electron chi connectivity index (χ1n) is 3.76. The third-order valence-electron chi connectivity index (χ3n) is 1.93. The van der Waals surface area contributed by atoms with Gasteiger partial charge in [0.1, 0.15) is 0 Å². The first-order chi connectivity index (χ1) is 5.63. The lowest BCUT2D eigenvalue weighted by atomic mass is 10.0. The lowest BCUT2D eigenvalue weighted by Crippen LogP contribution is -2.29. The number of hydrogen-bond acceptors (Lipinski definition) is 3. The first kappa shape index (κ1) is 8.99. The van der Waals surface area contributed by atoms with Crippen molar-refractivity contribution in [2.45, 2.75) is 18.9 Å². The van der Waals surface area contributed by atoms with E-state index in [1.54, 1.807) is 0 Å². The van der Waals surface area contributed by atoms with Gasteiger partial charge >= 0.3 is 5.97 Å². The van der Waals surface area contributed by atoms with Gasteiger partial charge in [-0.2, -0.15) is 0 Å². The van der Waals surface area contributed by atoms with E-state index in [0.717, 1.165) is 0 Å². The van der Waals surface area contributed by atoms with Crippen molar-refractivity contribution >= 4 is 11.9 Å². The molecular formula is C7H11NO4. The average Bonchev–Trinajstić information content (AvgIpc) is 2.31. The van der Waals surface area contributed by atoms with Crippen LogP contribution in [-0.4, -0.2) is 34.7 Å². The van der Waals surface area contributed by atoms with Crippen LogP contribution in [0.4, 0.5) is 0 Å². The predicted molar refractivity (Wildman–Crippen MR) is 39.4 cm³/mol. The summed E-state index contributed by atoms with van der Waals surface area (Å²) in [5, 5.41) is 19.6. The minimum absolute atomic E-state index is 0.123. The molecule has 2 atom stereocenters. The van der Waals surface area contributed by atoms with Crippen molar-refractivity contribution in [3.63, 3.8) is 0 Å². The fourth-order valence-electron chi connectivity index (χ4n) is 1.34. The zero-order valence-corrected chi connectivity index (χ0v) is 6.49. The number of aliphatic hydroxyl groups excluding tert-OH is 1. The maximum absolute atomic E-state index is 11.0. The van der Waals surface area contributed by atoms with Gasteiger partial charge in [0.05, 0.1) is 25.0 Å². The summed E-state index contributed by atoms with van der Waals surface area (Å²) >= 11 is 0. The highest BCUT2D eigenvalue weighted by Gasteiger charge is 2.32. The van der Waals surface area contributed by atoms with E-state index in [2.05, 4.69) is 5.32 Å². The predicted octanol–water partition coefficient (Wildman–Crippen LogP) is -1.04. The molecule has 0 saturated carbocycles. The molecule has 12 heavy (non-hydrogen) atoms. The Morgan fingerprint density at radius 2 is 2.33 bits per heavy atom. The van der Waals surface area contributed by atoms with Gasteiger partial charge in [-0.25, -0.2) is 0 Å². The number of rotatable bonds is 3. The van der Waals surface area contributed by atoms with Crippen LogP contribution in [-0.2, 0) is 9.59 Å². The normalized spacial score (nSPS) is 28.6. The van der Waals surface area contributed by atoms with Crippen LogP contribution < -0.4 is 5.32 Å². The molecule has 5 nitrogen and oxygen atoms in total. The number of carbonyl (C=O) groups is 2. The van der Waals surface area contributed by atoms with Crippen LogP contribution >= 0.6 is 0 Å². The van der Waals surface area contributed by atoms with Gasteiger partial charge in [0, 0.05) is 0 Å². The highest BCUT2D eigenvalue weighted by molar-refractivity contribution is 5.85. The van der Waals surface area contributed by atoms with E-state index < -0.39 is 11.9 Å². The van der Waals surface area contributed by atoms with Crippen molar-refractivity contribution < 1.29 is 19.8 Å². The molecule has 2 unspecified atom stereocenters. The smallest absolute Gasteiger partial charge is 0.304 e. The van der Waals surface area contributed by atoms with Crippen molar-refractivity contribution in [1.29, 1.82) is 0 Å². The molecule has 1 rings (SSSR count). The zero-order chi connectivity index (χ0) is 9.14. The first-order valence-corrected chi connectivity index (χ1v) is 3.76. The summed E-state index contributed by atoms with van der Waals surface area (Å²) in [6.07, 6.45) is 0.268. The van der Waals surface area contributed by atoms with E-state index in [1.807, 2.05) is 0 Å². The number of carboxylic acid groups (broad SMARTS) is 1. The monoisotopic (exact) mass is 173 g/mol. The SMILES string of the molecule is O=C(O)CC1CC(CO)NC1=O. The molecule has 1 aliphatic rings. The summed E-state index contributed by atoms with van der Waals surface area (Å²) < 4.78 is 0. The molecule has 5 heteroatoms. The van der Waals surface area contributed by atoms with Gasteiger partial charge in [-0.1, -0.05) is 0 Å². The number of carboxylic acids is 1. The minimum Gasteiger partial charge on any atom is -0.481 e. The molecule has 68 valence electrons. The highest BCUT2D eigenvalue weighted by atomic mass is 16.4. The molecule has 1 saturated heterocycles. The maximum Gasteiger partial charge on any atom is 0.304 e. The average molecular weight is 173 g/mol. The van der Waals surface area contributed by atoms with Gasteiger partial charge < -0.3 is 15.5 Å². The Bertz CT molecular complexity index is 204. The van der Waals surface area contributed by atoms with Crippen molar-refractivity contribution in [2.24, 2.45) is 5.92 Å². The van der Waals surface area contributed by atoms with Gasteiger partial charge in [0.25, 0.3) is 0 Å². The summed E-state index contributed by atoms with van der Waals surface area (Å²) in [6.45, 7) is -0.123. The second-order valence-electron chi connectivity index (χ2n) is 2.92. The number of aliphatic carboxylic acids is 1. The second kappa shape index (κ2) is 3.53. The summed E-state index contributed by atoms with van der Waals surface area (Å²) in [7, 11) is 0. The number of nitrogens with one attached hydrogen (secondary N) is 1. The molecule has 1 aliphatic heterocycles. The van der Waals surface area contributed by atoms with Gasteiger partial charge in [0.15, 0.2) is 0 Å². The molecule has 0 bridgehead atoms. The van der Waals surface area contributed by atoms with E-state index in [4.69, 9.17) is 10.2 Å². The Balaban J connectivity index is 2.46. The van der Waals surface area contributed by atoms with Crippen LogP contribution in [0.15, 0.2) is 0 Å². The van der Waals surface area contributed by atoms with Crippen molar-refractivity contribution in [1.82, 2.24) is 5.32 Å². The van der Waals surface area contributed by atoms with E-state index in [1.165, 1.54) is 0 Å². The van der Waals surface area contributed by atoms with E-state index in [9.17, 15) is 9.59 Å². The third kappa shape index (κ3) is 1.94. The van der Waals surface area contributed by atoms with E-state index >= 15 is 0 Å². The Labute approximate surface area is 69.4 Å². The van der Waals surface area contributed by atoms with Gasteiger partial charge in [-0.15, -0.1) is 0 Å². The Hall–Kier alpha value is -1.10. The van der Waals surface area contributed by atoms with Crippen LogP contribution in [0, 0.1) is 5.92 Å². The number of hydrogen-bond donors (Lipinski definition) is 3. The molecule has 1 amide bonds. The van der Waals surface area contributed by atoms with Crippen LogP contribution in [0.5, 0.6) is 0 Å². The number of carbonyl (C=O) groups excluding carboxylic acids is 1. The summed E-state index contributed by atoms with van der Waals surface area (Å²) in [6, 6.07) is -0.262. The summed E-state index contributed by atoms with van der Waals surface area (Å²) in [5.74, 6) is -1.72. The molecule has 1 heterocycles. The highest BCUT2D eigenvalue weighted by Crippen LogP contribution is 2.18. The Morgan fingerprint density at radius 1 is 1.67 bits per heavy atom. The largest absolute Gasteiger partial charge is 0.481 e. The van der Waals surface area contributed by atoms with E-state index in [-0.39, 0.29) is 25.0 Å². The minimum atomic E-state index is -0.978. The Morgan fingerprint density at radius 3 is 2.75 bits per heavy atom. The topological polar surface area (TPSA) is 86.6 Å². The molecule has 0 spiro atoms. The fraction of sp³-hybridized carbons (Fsp3) is 0.714. The van der Waals surface area contributed by atoms with Crippen molar-refractivity contribution in [3.8, 4) is 0 Å². The molecule has 0 aromatic carbocycles. The van der Waals surface area contributed by atoms with Crippen LogP contribution in [0.2, 0.25) is 0 Å². The molecule has 0 aliphatic carbocycles. The lowest BCUT2D eigenvalue weighted by Gasteiger charge is -2.02. The van der Waals surface area contributed by atoms with Gasteiger partial charge in [0.2, 0.25) is 5.91 Å². The maximum atomic E-state index is 11.0. The third-order valence-corrected chi connectivity index (χ3v) is 1.93. The van der Waals surface area contributed by atoms with Gasteiger partial charge in [-0.3, -0.25) is 9.59 Å².